The Balaban J connectivity index is 1.53. The molecule has 0 N–H and O–H groups in total. The number of rotatable bonds is 4. The van der Waals surface area contributed by atoms with Gasteiger partial charge in [0.25, 0.3) is 0 Å². The highest BCUT2D eigenvalue weighted by Crippen LogP contribution is 2.30. The first kappa shape index (κ1) is 17.8. The highest BCUT2D eigenvalue weighted by molar-refractivity contribution is 7.91. The minimum absolute atomic E-state index is 0.0446. The quantitative estimate of drug-likeness (QED) is 0.822. The van der Waals surface area contributed by atoms with Gasteiger partial charge in [0.2, 0.25) is 0 Å². The molecule has 2 fully saturated rings. The van der Waals surface area contributed by atoms with Crippen molar-refractivity contribution in [3.05, 3.63) is 59.0 Å². The van der Waals surface area contributed by atoms with Gasteiger partial charge in [-0.1, -0.05) is 30.3 Å². The molecule has 1 aromatic heterocycles. The Hall–Kier alpha value is -1.63. The number of nitrogens with zero attached hydrogens (tertiary/aromatic N) is 2. The Kier molecular flexibility index (Phi) is 4.67. The van der Waals surface area contributed by atoms with Crippen molar-refractivity contribution in [1.82, 2.24) is 9.80 Å². The van der Waals surface area contributed by atoms with Crippen molar-refractivity contribution in [3.8, 4) is 0 Å². The van der Waals surface area contributed by atoms with Crippen molar-refractivity contribution < 1.29 is 12.8 Å². The summed E-state index contributed by atoms with van der Waals surface area (Å²) in [5, 5.41) is 0. The van der Waals surface area contributed by atoms with E-state index in [1.54, 1.807) is 0 Å². The molecule has 6 heteroatoms. The maximum atomic E-state index is 12.4. The number of sulfone groups is 1. The first-order chi connectivity index (χ1) is 12.4. The van der Waals surface area contributed by atoms with Crippen LogP contribution in [0, 0.1) is 13.8 Å². The van der Waals surface area contributed by atoms with Crippen LogP contribution in [0.4, 0.5) is 0 Å². The van der Waals surface area contributed by atoms with Gasteiger partial charge in [0.15, 0.2) is 9.84 Å². The van der Waals surface area contributed by atoms with Gasteiger partial charge >= 0.3 is 0 Å². The Morgan fingerprint density at radius 1 is 1.00 bits per heavy atom. The maximum Gasteiger partial charge on any atom is 0.153 e. The van der Waals surface area contributed by atoms with Crippen LogP contribution in [0.1, 0.15) is 22.6 Å². The molecule has 2 saturated heterocycles. The number of hydrogen-bond acceptors (Lipinski definition) is 5. The van der Waals surface area contributed by atoms with Crippen molar-refractivity contribution in [2.24, 2.45) is 0 Å². The van der Waals surface area contributed by atoms with E-state index in [-0.39, 0.29) is 23.6 Å². The van der Waals surface area contributed by atoms with Gasteiger partial charge < -0.3 is 4.42 Å². The van der Waals surface area contributed by atoms with E-state index >= 15 is 0 Å². The van der Waals surface area contributed by atoms with Crippen LogP contribution in [0.3, 0.4) is 0 Å². The average molecular weight is 375 g/mol. The maximum absolute atomic E-state index is 12.4. The van der Waals surface area contributed by atoms with Gasteiger partial charge in [-0.05, 0) is 31.0 Å². The molecule has 2 aromatic rings. The monoisotopic (exact) mass is 374 g/mol. The predicted octanol–water partition coefficient (Wildman–Crippen LogP) is 2.38. The molecule has 5 nitrogen and oxygen atoms in total. The summed E-state index contributed by atoms with van der Waals surface area (Å²) in [6, 6.07) is 12.5. The number of benzene rings is 1. The minimum Gasteiger partial charge on any atom is -0.465 e. The van der Waals surface area contributed by atoms with E-state index in [9.17, 15) is 8.42 Å². The Bertz CT molecular complexity index is 856. The number of fused-ring (bicyclic) bond motifs is 1. The number of piperazine rings is 1. The molecule has 0 bridgehead atoms. The lowest BCUT2D eigenvalue weighted by Gasteiger charge is -2.43. The van der Waals surface area contributed by atoms with E-state index in [2.05, 4.69) is 28.0 Å². The van der Waals surface area contributed by atoms with Gasteiger partial charge in [-0.3, -0.25) is 9.80 Å². The smallest absolute Gasteiger partial charge is 0.153 e. The van der Waals surface area contributed by atoms with E-state index in [0.717, 1.165) is 36.7 Å². The summed E-state index contributed by atoms with van der Waals surface area (Å²) in [5.74, 6) is 2.39. The van der Waals surface area contributed by atoms with Crippen LogP contribution in [-0.4, -0.2) is 54.9 Å². The SMILES string of the molecule is Cc1cc(CN2CCN(Cc3ccccc3)C3CS(=O)(=O)CC32)oc1C. The lowest BCUT2D eigenvalue weighted by Crippen LogP contribution is -2.58. The van der Waals surface area contributed by atoms with Gasteiger partial charge in [-0.25, -0.2) is 8.42 Å². The summed E-state index contributed by atoms with van der Waals surface area (Å²) in [4.78, 5) is 4.65. The first-order valence-corrected chi connectivity index (χ1v) is 11.0. The molecular weight excluding hydrogens is 348 g/mol. The summed E-state index contributed by atoms with van der Waals surface area (Å²) >= 11 is 0. The van der Waals surface area contributed by atoms with Crippen LogP contribution in [0.25, 0.3) is 0 Å². The van der Waals surface area contributed by atoms with E-state index in [4.69, 9.17) is 4.42 Å². The van der Waals surface area contributed by atoms with Crippen LogP contribution < -0.4 is 0 Å². The molecule has 2 aliphatic rings. The Morgan fingerprint density at radius 2 is 1.62 bits per heavy atom. The zero-order valence-electron chi connectivity index (χ0n) is 15.4. The lowest BCUT2D eigenvalue weighted by molar-refractivity contribution is 0.0316. The Morgan fingerprint density at radius 3 is 2.19 bits per heavy atom. The van der Waals surface area contributed by atoms with Crippen molar-refractivity contribution in [2.45, 2.75) is 39.0 Å². The fourth-order valence-electron chi connectivity index (χ4n) is 4.23. The highest BCUT2D eigenvalue weighted by atomic mass is 32.2. The van der Waals surface area contributed by atoms with Gasteiger partial charge in [-0.2, -0.15) is 0 Å². The normalized spacial score (nSPS) is 26.1. The minimum atomic E-state index is -3.00. The van der Waals surface area contributed by atoms with Crippen LogP contribution in [0.5, 0.6) is 0 Å². The molecule has 2 unspecified atom stereocenters. The van der Waals surface area contributed by atoms with Gasteiger partial charge in [0.05, 0.1) is 18.1 Å². The lowest BCUT2D eigenvalue weighted by atomic mass is 10.0. The zero-order chi connectivity index (χ0) is 18.3. The average Bonchev–Trinajstić information content (AvgIpc) is 3.09. The molecular formula is C20H26N2O3S. The van der Waals surface area contributed by atoms with Gasteiger partial charge in [0.1, 0.15) is 11.5 Å². The molecule has 2 aliphatic heterocycles. The van der Waals surface area contributed by atoms with E-state index in [0.29, 0.717) is 6.54 Å². The van der Waals surface area contributed by atoms with Crippen molar-refractivity contribution in [2.75, 3.05) is 24.6 Å². The van der Waals surface area contributed by atoms with Crippen LogP contribution in [0.2, 0.25) is 0 Å². The zero-order valence-corrected chi connectivity index (χ0v) is 16.2. The topological polar surface area (TPSA) is 53.8 Å². The third-order valence-corrected chi connectivity index (χ3v) is 7.41. The third kappa shape index (κ3) is 3.59. The molecule has 0 amide bonds. The third-order valence-electron chi connectivity index (χ3n) is 5.71. The molecule has 26 heavy (non-hydrogen) atoms. The molecule has 1 aromatic carbocycles. The first-order valence-electron chi connectivity index (χ1n) is 9.20. The van der Waals surface area contributed by atoms with E-state index < -0.39 is 9.84 Å². The van der Waals surface area contributed by atoms with Crippen molar-refractivity contribution in [1.29, 1.82) is 0 Å². The summed E-state index contributed by atoms with van der Waals surface area (Å²) in [6.45, 7) is 7.25. The molecule has 0 spiro atoms. The standard InChI is InChI=1S/C20H26N2O3S/c1-15-10-18(25-16(15)2)12-22-9-8-21(11-17-6-4-3-5-7-17)19-13-26(23,24)14-20(19)22/h3-7,10,19-20H,8-9,11-14H2,1-2H3. The van der Waals surface area contributed by atoms with Crippen molar-refractivity contribution in [3.63, 3.8) is 0 Å². The fraction of sp³-hybridized carbons (Fsp3) is 0.500. The van der Waals surface area contributed by atoms with Crippen LogP contribution in [0.15, 0.2) is 40.8 Å². The van der Waals surface area contributed by atoms with Crippen LogP contribution >= 0.6 is 0 Å². The molecule has 0 aliphatic carbocycles. The molecule has 0 radical (unpaired) electrons. The summed E-state index contributed by atoms with van der Waals surface area (Å²) in [6.07, 6.45) is 0. The second-order valence-corrected chi connectivity index (χ2v) is 9.74. The summed E-state index contributed by atoms with van der Waals surface area (Å²) in [5.41, 5.74) is 2.39. The Labute approximate surface area is 155 Å². The molecule has 4 rings (SSSR count). The number of hydrogen-bond donors (Lipinski definition) is 0. The van der Waals surface area contributed by atoms with Gasteiger partial charge in [0, 0.05) is 31.7 Å². The molecule has 3 heterocycles. The molecule has 2 atom stereocenters. The van der Waals surface area contributed by atoms with Crippen molar-refractivity contribution >= 4 is 9.84 Å². The van der Waals surface area contributed by atoms with E-state index in [1.165, 1.54) is 5.56 Å². The number of furan rings is 1. The predicted molar refractivity (Wildman–Crippen MR) is 102 cm³/mol. The fourth-order valence-corrected chi connectivity index (χ4v) is 6.28. The van der Waals surface area contributed by atoms with Crippen LogP contribution in [-0.2, 0) is 22.9 Å². The molecule has 0 saturated carbocycles. The molecule has 140 valence electrons. The summed E-state index contributed by atoms with van der Waals surface area (Å²) < 4.78 is 30.6. The number of aryl methyl sites for hydroxylation is 2. The second kappa shape index (κ2) is 6.83. The van der Waals surface area contributed by atoms with E-state index in [1.807, 2.05) is 32.0 Å². The second-order valence-electron chi connectivity index (χ2n) is 7.59. The van der Waals surface area contributed by atoms with Gasteiger partial charge in [-0.15, -0.1) is 0 Å². The highest BCUT2D eigenvalue weighted by Gasteiger charge is 2.46. The largest absolute Gasteiger partial charge is 0.465 e. The summed E-state index contributed by atoms with van der Waals surface area (Å²) in [7, 11) is -3.00.